The molecule has 2 heterocycles. The fraction of sp³-hybridized carbons (Fsp3) is 0.531. The first-order valence-corrected chi connectivity index (χ1v) is 14.6. The Bertz CT molecular complexity index is 1100. The lowest BCUT2D eigenvalue weighted by atomic mass is 9.98. The molecule has 7 nitrogen and oxygen atoms in total. The van der Waals surface area contributed by atoms with E-state index in [4.69, 9.17) is 20.5 Å². The van der Waals surface area contributed by atoms with Gasteiger partial charge < -0.3 is 19.3 Å². The topological polar surface area (TPSA) is 85.5 Å². The van der Waals surface area contributed by atoms with Gasteiger partial charge in [0, 0.05) is 56.6 Å². The molecule has 1 atom stereocenters. The van der Waals surface area contributed by atoms with Crippen molar-refractivity contribution in [2.75, 3.05) is 38.3 Å². The predicted octanol–water partition coefficient (Wildman–Crippen LogP) is 7.61. The number of methoxy groups -OCH3 is 1. The van der Waals surface area contributed by atoms with Crippen molar-refractivity contribution in [1.82, 2.24) is 9.88 Å². The molecule has 1 saturated heterocycles. The van der Waals surface area contributed by atoms with Gasteiger partial charge >= 0.3 is 0 Å². The lowest BCUT2D eigenvalue weighted by Gasteiger charge is -2.43. The molecule has 0 radical (unpaired) electrons. The number of rotatable bonds is 10. The van der Waals surface area contributed by atoms with Crippen LogP contribution in [0.3, 0.4) is 0 Å². The zero-order chi connectivity index (χ0) is 29.7. The monoisotopic (exact) mass is 553 g/mol. The number of nitrogens with one attached hydrogen (secondary N) is 2. The second-order valence-corrected chi connectivity index (χ2v) is 9.87. The fourth-order valence-corrected chi connectivity index (χ4v) is 4.72. The summed E-state index contributed by atoms with van der Waals surface area (Å²) in [7, 11) is 1.68. The van der Waals surface area contributed by atoms with Gasteiger partial charge in [0.1, 0.15) is 11.6 Å². The summed E-state index contributed by atoms with van der Waals surface area (Å²) in [6, 6.07) is 8.62. The predicted molar refractivity (Wildman–Crippen MR) is 164 cm³/mol. The van der Waals surface area contributed by atoms with Gasteiger partial charge in [-0.25, -0.2) is 9.37 Å². The second-order valence-electron chi connectivity index (χ2n) is 9.87. The van der Waals surface area contributed by atoms with Crippen molar-refractivity contribution >= 4 is 18.1 Å². The van der Waals surface area contributed by atoms with Crippen LogP contribution in [0.25, 0.3) is 11.1 Å². The van der Waals surface area contributed by atoms with Crippen LogP contribution in [0.1, 0.15) is 83.9 Å². The van der Waals surface area contributed by atoms with Crippen molar-refractivity contribution in [3.63, 3.8) is 0 Å². The number of unbranched alkanes of at least 4 members (excludes halogenated alkanes) is 1. The van der Waals surface area contributed by atoms with Crippen LogP contribution in [-0.2, 0) is 9.47 Å². The molecule has 2 N–H and O–H groups in total. The quantitative estimate of drug-likeness (QED) is 0.234. The highest BCUT2D eigenvalue weighted by Crippen LogP contribution is 2.45. The van der Waals surface area contributed by atoms with Crippen LogP contribution < -0.4 is 4.90 Å². The minimum absolute atomic E-state index is 0.106. The van der Waals surface area contributed by atoms with E-state index < -0.39 is 0 Å². The third-order valence-corrected chi connectivity index (χ3v) is 7.01. The maximum absolute atomic E-state index is 13.6. The Balaban J connectivity index is 0.000000858. The number of allylic oxidation sites excluding steroid dienone is 1. The van der Waals surface area contributed by atoms with Gasteiger partial charge in [0.25, 0.3) is 0 Å². The summed E-state index contributed by atoms with van der Waals surface area (Å²) in [5.41, 5.74) is 4.51. The minimum Gasteiger partial charge on any atom is -0.428 e. The molecular formula is C32H48FN5O2. The Morgan fingerprint density at radius 3 is 2.35 bits per heavy atom. The molecule has 1 aromatic carbocycles. The number of anilines is 1. The Labute approximate surface area is 240 Å². The summed E-state index contributed by atoms with van der Waals surface area (Å²) in [5.74, 6) is 0.711. The fourth-order valence-electron chi connectivity index (χ4n) is 4.72. The first-order valence-electron chi connectivity index (χ1n) is 14.6. The van der Waals surface area contributed by atoms with E-state index in [0.29, 0.717) is 11.5 Å². The van der Waals surface area contributed by atoms with Crippen LogP contribution in [0.4, 0.5) is 10.2 Å². The van der Waals surface area contributed by atoms with E-state index in [1.54, 1.807) is 19.2 Å². The Morgan fingerprint density at radius 1 is 1.18 bits per heavy atom. The lowest BCUT2D eigenvalue weighted by molar-refractivity contribution is 0.215. The first kappa shape index (κ1) is 32.9. The maximum Gasteiger partial charge on any atom is 0.224 e. The average Bonchev–Trinajstić information content (AvgIpc) is 3.82. The summed E-state index contributed by atoms with van der Waals surface area (Å²) in [4.78, 5) is 9.73. The molecule has 1 unspecified atom stereocenters. The first-order chi connectivity index (χ1) is 19.3. The summed E-state index contributed by atoms with van der Waals surface area (Å²) in [5, 5.41) is 15.8. The van der Waals surface area contributed by atoms with Crippen LogP contribution in [0, 0.1) is 16.6 Å². The highest BCUT2D eigenvalue weighted by Gasteiger charge is 2.33. The van der Waals surface area contributed by atoms with E-state index in [9.17, 15) is 4.39 Å². The van der Waals surface area contributed by atoms with Gasteiger partial charge in [-0.1, -0.05) is 45.9 Å². The summed E-state index contributed by atoms with van der Waals surface area (Å²) >= 11 is 0. The van der Waals surface area contributed by atoms with Crippen LogP contribution >= 0.6 is 0 Å². The molecule has 0 amide bonds. The molecule has 220 valence electrons. The number of hydrogen-bond donors (Lipinski definition) is 2. The van der Waals surface area contributed by atoms with E-state index >= 15 is 0 Å². The molecule has 40 heavy (non-hydrogen) atoms. The number of nitrogens with zero attached hydrogens (tertiary/aromatic N) is 3. The number of halogens is 1. The molecule has 0 bridgehead atoms. The van der Waals surface area contributed by atoms with E-state index in [-0.39, 0.29) is 17.8 Å². The normalized spacial score (nSPS) is 16.2. The largest absolute Gasteiger partial charge is 0.428 e. The molecule has 0 spiro atoms. The van der Waals surface area contributed by atoms with Gasteiger partial charge in [-0.05, 0) is 63.3 Å². The molecule has 1 saturated carbocycles. The van der Waals surface area contributed by atoms with Crippen molar-refractivity contribution in [3.8, 4) is 11.1 Å². The van der Waals surface area contributed by atoms with Crippen molar-refractivity contribution in [3.05, 3.63) is 59.7 Å². The summed E-state index contributed by atoms with van der Waals surface area (Å²) in [6.45, 7) is 17.9. The third-order valence-electron chi connectivity index (χ3n) is 7.01. The minimum atomic E-state index is -0.284. The van der Waals surface area contributed by atoms with Gasteiger partial charge in [-0.2, -0.15) is 0 Å². The van der Waals surface area contributed by atoms with Crippen LogP contribution in [0.15, 0.2) is 42.6 Å². The molecule has 2 fully saturated rings. The van der Waals surface area contributed by atoms with Crippen molar-refractivity contribution in [2.24, 2.45) is 0 Å². The molecule has 1 aliphatic carbocycles. The van der Waals surface area contributed by atoms with Crippen LogP contribution in [-0.4, -0.2) is 61.6 Å². The van der Waals surface area contributed by atoms with E-state index in [2.05, 4.69) is 35.0 Å². The standard InChI is InChI=1S/C27H34FN5O.C3H8O.C2H6/c1-4-5-6-18(2)33-14-13-32(16-19(33)3)27-24(26(30)34-17-29)15-23(25(31-27)21-7-8-21)20-9-11-22(28)12-10-20;1-3-4-2;1-2/h9-12,15,17,19,21,29-30H,2,4-8,13-14,16H2,1,3H3;3H2,1-2H3;1-2H3. The van der Waals surface area contributed by atoms with Crippen molar-refractivity contribution in [2.45, 2.75) is 78.7 Å². The molecule has 8 heteroatoms. The number of hydrogen-bond acceptors (Lipinski definition) is 7. The second kappa shape index (κ2) is 16.8. The van der Waals surface area contributed by atoms with Gasteiger partial charge in [0.15, 0.2) is 6.40 Å². The maximum atomic E-state index is 13.6. The van der Waals surface area contributed by atoms with Crippen LogP contribution in [0.5, 0.6) is 0 Å². The van der Waals surface area contributed by atoms with Crippen molar-refractivity contribution < 1.29 is 13.9 Å². The highest BCUT2D eigenvalue weighted by atomic mass is 19.1. The highest BCUT2D eigenvalue weighted by molar-refractivity contribution is 6.01. The average molecular weight is 554 g/mol. The number of pyridine rings is 1. The summed E-state index contributed by atoms with van der Waals surface area (Å²) in [6.07, 6.45) is 6.24. The number of ether oxygens (including phenoxy) is 2. The Hall–Kier alpha value is -3.26. The number of piperazine rings is 1. The number of aromatic nitrogens is 1. The molecule has 2 aromatic rings. The molecule has 4 rings (SSSR count). The van der Waals surface area contributed by atoms with E-state index in [1.165, 1.54) is 17.8 Å². The van der Waals surface area contributed by atoms with Gasteiger partial charge in [0.2, 0.25) is 5.90 Å². The smallest absolute Gasteiger partial charge is 0.224 e. The molecular weight excluding hydrogens is 505 g/mol. The van der Waals surface area contributed by atoms with E-state index in [0.717, 1.165) is 87.4 Å². The lowest BCUT2D eigenvalue weighted by Crippen LogP contribution is -2.51. The van der Waals surface area contributed by atoms with Gasteiger partial charge in [-0.3, -0.25) is 10.8 Å². The van der Waals surface area contributed by atoms with Gasteiger partial charge in [-0.15, -0.1) is 0 Å². The molecule has 2 aliphatic rings. The van der Waals surface area contributed by atoms with E-state index in [1.807, 2.05) is 26.8 Å². The number of benzene rings is 1. The third kappa shape index (κ3) is 8.88. The zero-order valence-corrected chi connectivity index (χ0v) is 25.2. The molecule has 1 aromatic heterocycles. The van der Waals surface area contributed by atoms with Gasteiger partial charge in [0.05, 0.1) is 11.3 Å². The SMILES string of the molecule is C=C(CCCC)N1CCN(c2nc(C3CC3)c(-c3ccc(F)cc3)cc2C(=N)OC=N)CC1C.CC.CCOC. The Morgan fingerprint density at radius 2 is 1.82 bits per heavy atom. The zero-order valence-electron chi connectivity index (χ0n) is 25.2. The van der Waals surface area contributed by atoms with Crippen LogP contribution in [0.2, 0.25) is 0 Å². The Kier molecular flexibility index (Phi) is 13.8. The molecule has 1 aliphatic heterocycles. The van der Waals surface area contributed by atoms with Crippen molar-refractivity contribution in [1.29, 1.82) is 10.8 Å². The summed E-state index contributed by atoms with van der Waals surface area (Å²) < 4.78 is 23.3.